The Kier molecular flexibility index (Phi) is 8.83. The molecule has 0 radical (unpaired) electrons. The van der Waals surface area contributed by atoms with E-state index in [0.29, 0.717) is 5.02 Å². The Labute approximate surface area is 311 Å². The number of aryl methyl sites for hydroxylation is 2. The van der Waals surface area contributed by atoms with Crippen LogP contribution in [-0.4, -0.2) is 32.1 Å². The fourth-order valence-corrected chi connectivity index (χ4v) is 7.24. The van der Waals surface area contributed by atoms with Gasteiger partial charge in [0.15, 0.2) is 5.52 Å². The molecule has 0 bridgehead atoms. The predicted octanol–water partition coefficient (Wildman–Crippen LogP) is 9.22. The number of rotatable bonds is 5. The van der Waals surface area contributed by atoms with Crippen LogP contribution < -0.4 is 4.57 Å². The zero-order chi connectivity index (χ0) is 36.7. The summed E-state index contributed by atoms with van der Waals surface area (Å²) in [7, 11) is -2.15. The molecule has 8 nitrogen and oxygen atoms in total. The summed E-state index contributed by atoms with van der Waals surface area (Å²) < 4.78 is 37.8. The minimum absolute atomic E-state index is 0.178. The number of fused-ring (bicyclic) bond motifs is 5. The number of nitrogens with zero attached hydrogens (tertiary/aromatic N) is 5. The van der Waals surface area contributed by atoms with Crippen molar-refractivity contribution in [2.75, 3.05) is 0 Å². The largest absolute Gasteiger partial charge is 0.744 e. The zero-order valence-electron chi connectivity index (χ0n) is 28.8. The summed E-state index contributed by atoms with van der Waals surface area (Å²) in [5, 5.41) is 3.12. The molecule has 0 saturated heterocycles. The van der Waals surface area contributed by atoms with Gasteiger partial charge in [0.1, 0.15) is 27.0 Å². The van der Waals surface area contributed by atoms with Crippen molar-refractivity contribution < 1.29 is 17.5 Å². The molecule has 0 saturated carbocycles. The van der Waals surface area contributed by atoms with E-state index in [4.69, 9.17) is 21.6 Å². The molecule has 6 aromatic carbocycles. The third kappa shape index (κ3) is 6.58. The molecule has 0 unspecified atom stereocenters. The molecule has 0 aliphatic rings. The number of benzene rings is 6. The molecule has 0 atom stereocenters. The molecule has 9 rings (SSSR count). The number of hydrogen-bond acceptors (Lipinski definition) is 5. The highest BCUT2D eigenvalue weighted by Crippen LogP contribution is 2.30. The van der Waals surface area contributed by atoms with Gasteiger partial charge in [-0.3, -0.25) is 0 Å². The van der Waals surface area contributed by atoms with Crippen LogP contribution in [0.1, 0.15) is 17.0 Å². The highest BCUT2D eigenvalue weighted by atomic mass is 35.5. The number of para-hydroxylation sites is 3. The minimum Gasteiger partial charge on any atom is -0.744 e. The lowest BCUT2D eigenvalue weighted by Crippen LogP contribution is -2.34. The van der Waals surface area contributed by atoms with Crippen LogP contribution in [0.4, 0.5) is 0 Å². The van der Waals surface area contributed by atoms with E-state index in [1.54, 1.807) is 12.1 Å². The molecule has 260 valence electrons. The smallest absolute Gasteiger partial charge is 0.328 e. The molecule has 0 fully saturated rings. The van der Waals surface area contributed by atoms with E-state index < -0.39 is 10.1 Å². The molecule has 10 heteroatoms. The first kappa shape index (κ1) is 34.0. The molecule has 9 aromatic rings. The predicted molar refractivity (Wildman–Crippen MR) is 211 cm³/mol. The van der Waals surface area contributed by atoms with Gasteiger partial charge in [-0.1, -0.05) is 94.9 Å². The quantitative estimate of drug-likeness (QED) is 0.130. The summed E-state index contributed by atoms with van der Waals surface area (Å²) in [6.07, 6.45) is 4.33. The molecule has 0 aliphatic carbocycles. The monoisotopic (exact) mass is 733 g/mol. The highest BCUT2D eigenvalue weighted by Gasteiger charge is 2.28. The van der Waals surface area contributed by atoms with Crippen LogP contribution in [0, 0.1) is 6.92 Å². The summed E-state index contributed by atoms with van der Waals surface area (Å²) in [6, 6.07) is 47.2. The summed E-state index contributed by atoms with van der Waals surface area (Å²) >= 11 is 6.36. The molecule has 0 spiro atoms. The van der Waals surface area contributed by atoms with Crippen molar-refractivity contribution in [3.05, 3.63) is 168 Å². The SMILES string of the molecule is Cc1ccc(S(=O)(=O)[O-])cc1.Cn1c2ccccc2c2cc(C=Cc3n(-c4ccccc4)c4nc5cc(Cl)ccc5nc4[n+]3-c3ccccc3)ccc21. The number of hydrogen-bond donors (Lipinski definition) is 0. The van der Waals surface area contributed by atoms with E-state index in [9.17, 15) is 13.0 Å². The fourth-order valence-electron chi connectivity index (χ4n) is 6.60. The first-order valence-corrected chi connectivity index (χ1v) is 18.7. The lowest BCUT2D eigenvalue weighted by atomic mass is 10.1. The molecule has 0 N–H and O–H groups in total. The van der Waals surface area contributed by atoms with Crippen molar-refractivity contribution >= 4 is 78.0 Å². The van der Waals surface area contributed by atoms with Gasteiger partial charge in [0, 0.05) is 40.0 Å². The highest BCUT2D eigenvalue weighted by molar-refractivity contribution is 7.85. The van der Waals surface area contributed by atoms with Crippen LogP contribution >= 0.6 is 11.6 Å². The van der Waals surface area contributed by atoms with E-state index in [2.05, 4.69) is 99.6 Å². The van der Waals surface area contributed by atoms with Crippen molar-refractivity contribution in [1.29, 1.82) is 0 Å². The first-order valence-electron chi connectivity index (χ1n) is 16.9. The van der Waals surface area contributed by atoms with Gasteiger partial charge in [0.25, 0.3) is 5.65 Å². The maximum absolute atomic E-state index is 10.4. The van der Waals surface area contributed by atoms with Crippen LogP contribution in [0.15, 0.2) is 150 Å². The molecule has 0 aliphatic heterocycles. The summed E-state index contributed by atoms with van der Waals surface area (Å²) in [4.78, 5) is 10.1. The Morgan fingerprint density at radius 2 is 1.38 bits per heavy atom. The Bertz CT molecular complexity index is 2940. The van der Waals surface area contributed by atoms with Gasteiger partial charge in [0.2, 0.25) is 5.82 Å². The zero-order valence-corrected chi connectivity index (χ0v) is 30.3. The van der Waals surface area contributed by atoms with E-state index in [-0.39, 0.29) is 4.90 Å². The molecular weight excluding hydrogens is 702 g/mol. The fraction of sp³-hybridized carbons (Fsp3) is 0.0465. The van der Waals surface area contributed by atoms with Crippen LogP contribution in [0.25, 0.3) is 67.7 Å². The van der Waals surface area contributed by atoms with Gasteiger partial charge >= 0.3 is 5.65 Å². The standard InChI is InChI=1S/C36H25ClN5.C7H8O3S/c1-40-32-15-9-8-14-28(32)29-22-24(16-20-33(29)40)17-21-34-41(26-10-4-2-5-11-26)35-36(42(34)27-12-6-3-7-13-27)39-31-23-25(37)18-19-30(31)38-35;1-6-2-4-7(5-3-6)11(8,9)10/h2-23H,1H3;2-5H,1H3,(H,8,9,10)/q+1;/p-1. The first-order chi connectivity index (χ1) is 25.7. The second-order valence-corrected chi connectivity index (χ2v) is 14.5. The molecule has 53 heavy (non-hydrogen) atoms. The minimum atomic E-state index is -4.27. The van der Waals surface area contributed by atoms with Gasteiger partial charge in [-0.2, -0.15) is 4.57 Å². The van der Waals surface area contributed by atoms with Crippen LogP contribution in [0.5, 0.6) is 0 Å². The second-order valence-electron chi connectivity index (χ2n) is 12.7. The van der Waals surface area contributed by atoms with Gasteiger partial charge in [-0.15, -0.1) is 0 Å². The molecule has 3 aromatic heterocycles. The van der Waals surface area contributed by atoms with E-state index in [1.807, 2.05) is 61.5 Å². The normalized spacial score (nSPS) is 11.8. The average molecular weight is 734 g/mol. The number of aromatic nitrogens is 5. The maximum Gasteiger partial charge on any atom is 0.328 e. The van der Waals surface area contributed by atoms with E-state index >= 15 is 0 Å². The average Bonchev–Trinajstić information content (AvgIpc) is 3.64. The van der Waals surface area contributed by atoms with Crippen molar-refractivity contribution in [3.8, 4) is 11.4 Å². The number of imidazole rings is 1. The number of halogens is 1. The second kappa shape index (κ2) is 13.8. The molecule has 3 heterocycles. The van der Waals surface area contributed by atoms with Gasteiger partial charge in [-0.25, -0.2) is 18.0 Å². The third-order valence-corrected chi connectivity index (χ3v) is 10.3. The summed E-state index contributed by atoms with van der Waals surface area (Å²) in [5.74, 6) is 0.932. The van der Waals surface area contributed by atoms with Gasteiger partial charge in [0.05, 0.1) is 4.90 Å². The van der Waals surface area contributed by atoms with Crippen molar-refractivity contribution in [1.82, 2.24) is 19.1 Å². The lowest BCUT2D eigenvalue weighted by Gasteiger charge is -2.05. The Balaban J connectivity index is 0.000000314. The van der Waals surface area contributed by atoms with Crippen LogP contribution in [-0.2, 0) is 17.2 Å². The molecular formula is C43H32ClN5O3S. The topological polar surface area (TPSA) is 96.7 Å². The van der Waals surface area contributed by atoms with E-state index in [0.717, 1.165) is 50.7 Å². The summed E-state index contributed by atoms with van der Waals surface area (Å²) in [5.41, 5.74) is 9.54. The lowest BCUT2D eigenvalue weighted by molar-refractivity contribution is -0.572. The van der Waals surface area contributed by atoms with Gasteiger partial charge in [-0.05, 0) is 91.4 Å². The third-order valence-electron chi connectivity index (χ3n) is 9.17. The van der Waals surface area contributed by atoms with E-state index in [1.165, 1.54) is 33.9 Å². The van der Waals surface area contributed by atoms with Crippen molar-refractivity contribution in [2.45, 2.75) is 11.8 Å². The maximum atomic E-state index is 10.4. The van der Waals surface area contributed by atoms with Gasteiger partial charge < -0.3 is 9.12 Å². The van der Waals surface area contributed by atoms with Crippen molar-refractivity contribution in [3.63, 3.8) is 0 Å². The van der Waals surface area contributed by atoms with Crippen LogP contribution in [0.3, 0.4) is 0 Å². The Morgan fingerprint density at radius 1 is 0.698 bits per heavy atom. The molecule has 0 amide bonds. The Morgan fingerprint density at radius 3 is 2.11 bits per heavy atom. The van der Waals surface area contributed by atoms with Crippen LogP contribution in [0.2, 0.25) is 5.02 Å². The summed E-state index contributed by atoms with van der Waals surface area (Å²) in [6.45, 7) is 1.82. The Hall–Kier alpha value is -6.13. The van der Waals surface area contributed by atoms with Crippen molar-refractivity contribution in [2.24, 2.45) is 7.05 Å².